The lowest BCUT2D eigenvalue weighted by Gasteiger charge is -2.24. The summed E-state index contributed by atoms with van der Waals surface area (Å²) >= 11 is 0. The van der Waals surface area contributed by atoms with Crippen LogP contribution in [-0.2, 0) is 12.8 Å². The van der Waals surface area contributed by atoms with Crippen molar-refractivity contribution >= 4 is 17.1 Å². The van der Waals surface area contributed by atoms with Crippen molar-refractivity contribution in [2.75, 3.05) is 23.8 Å². The molecule has 0 radical (unpaired) electrons. The molecule has 0 saturated heterocycles. The molecule has 1 aliphatic rings. The maximum atomic E-state index is 3.47. The number of nitrogens with one attached hydrogen (secondary N) is 1. The van der Waals surface area contributed by atoms with Crippen LogP contribution in [0.4, 0.5) is 17.1 Å². The standard InChI is InChI=1S/C18H22N2/c1-3-14-6-8-16(9-7-14)20(2)17-10-11-18-15(13-17)5-4-12-19-18/h6-11,13,19H,3-5,12H2,1-2H3. The molecule has 0 fully saturated rings. The van der Waals surface area contributed by atoms with Gasteiger partial charge in [0.05, 0.1) is 0 Å². The molecule has 1 heterocycles. The van der Waals surface area contributed by atoms with E-state index in [1.807, 2.05) is 0 Å². The Morgan fingerprint density at radius 3 is 2.55 bits per heavy atom. The minimum atomic E-state index is 1.09. The molecule has 104 valence electrons. The minimum Gasteiger partial charge on any atom is -0.385 e. The predicted octanol–water partition coefficient (Wildman–Crippen LogP) is 4.38. The van der Waals surface area contributed by atoms with Gasteiger partial charge in [-0.2, -0.15) is 0 Å². The second-order valence-electron chi connectivity index (χ2n) is 5.45. The molecule has 0 saturated carbocycles. The lowest BCUT2D eigenvalue weighted by Crippen LogP contribution is -2.14. The average molecular weight is 266 g/mol. The van der Waals surface area contributed by atoms with E-state index in [0.29, 0.717) is 0 Å². The molecule has 1 aliphatic heterocycles. The van der Waals surface area contributed by atoms with Crippen molar-refractivity contribution in [3.05, 3.63) is 53.6 Å². The first-order valence-corrected chi connectivity index (χ1v) is 7.47. The highest BCUT2D eigenvalue weighted by Crippen LogP contribution is 2.30. The molecule has 20 heavy (non-hydrogen) atoms. The molecule has 0 aromatic heterocycles. The van der Waals surface area contributed by atoms with Crippen LogP contribution < -0.4 is 10.2 Å². The van der Waals surface area contributed by atoms with E-state index in [0.717, 1.165) is 13.0 Å². The van der Waals surface area contributed by atoms with Gasteiger partial charge in [-0.3, -0.25) is 0 Å². The second kappa shape index (κ2) is 5.58. The first-order valence-electron chi connectivity index (χ1n) is 7.47. The van der Waals surface area contributed by atoms with Crippen LogP contribution in [-0.4, -0.2) is 13.6 Å². The molecule has 1 N–H and O–H groups in total. The van der Waals surface area contributed by atoms with E-state index in [9.17, 15) is 0 Å². The van der Waals surface area contributed by atoms with Crippen molar-refractivity contribution in [2.45, 2.75) is 26.2 Å². The van der Waals surface area contributed by atoms with E-state index in [-0.39, 0.29) is 0 Å². The summed E-state index contributed by atoms with van der Waals surface area (Å²) in [5.41, 5.74) is 6.62. The molecule has 0 bridgehead atoms. The van der Waals surface area contributed by atoms with Crippen LogP contribution in [0.5, 0.6) is 0 Å². The lowest BCUT2D eigenvalue weighted by molar-refractivity contribution is 0.830. The van der Waals surface area contributed by atoms with Gasteiger partial charge in [0, 0.05) is 30.7 Å². The number of hydrogen-bond acceptors (Lipinski definition) is 2. The van der Waals surface area contributed by atoms with E-state index < -0.39 is 0 Å². The monoisotopic (exact) mass is 266 g/mol. The van der Waals surface area contributed by atoms with Gasteiger partial charge in [-0.05, 0) is 60.7 Å². The molecular weight excluding hydrogens is 244 g/mol. The summed E-state index contributed by atoms with van der Waals surface area (Å²) < 4.78 is 0. The van der Waals surface area contributed by atoms with E-state index in [1.165, 1.54) is 41.0 Å². The number of hydrogen-bond donors (Lipinski definition) is 1. The number of anilines is 3. The van der Waals surface area contributed by atoms with Crippen LogP contribution in [0.25, 0.3) is 0 Å². The zero-order chi connectivity index (χ0) is 13.9. The van der Waals surface area contributed by atoms with Crippen LogP contribution in [0.3, 0.4) is 0 Å². The van der Waals surface area contributed by atoms with Crippen LogP contribution in [0, 0.1) is 0 Å². The summed E-state index contributed by atoms with van der Waals surface area (Å²) in [4.78, 5) is 2.26. The maximum Gasteiger partial charge on any atom is 0.0412 e. The Morgan fingerprint density at radius 1 is 1.05 bits per heavy atom. The molecule has 0 atom stereocenters. The third-order valence-electron chi connectivity index (χ3n) is 4.15. The summed E-state index contributed by atoms with van der Waals surface area (Å²) in [5.74, 6) is 0. The first kappa shape index (κ1) is 13.0. The Balaban J connectivity index is 1.87. The Labute approximate surface area is 121 Å². The SMILES string of the molecule is CCc1ccc(N(C)c2ccc3c(c2)CCCN3)cc1. The van der Waals surface area contributed by atoms with Crippen molar-refractivity contribution in [2.24, 2.45) is 0 Å². The molecular formula is C18H22N2. The largest absolute Gasteiger partial charge is 0.385 e. The Morgan fingerprint density at radius 2 is 1.80 bits per heavy atom. The zero-order valence-electron chi connectivity index (χ0n) is 12.3. The predicted molar refractivity (Wildman–Crippen MR) is 87.1 cm³/mol. The van der Waals surface area contributed by atoms with E-state index in [1.54, 1.807) is 0 Å². The molecule has 0 amide bonds. The van der Waals surface area contributed by atoms with Gasteiger partial charge in [0.15, 0.2) is 0 Å². The Kier molecular flexibility index (Phi) is 3.64. The molecule has 0 spiro atoms. The van der Waals surface area contributed by atoms with Crippen molar-refractivity contribution < 1.29 is 0 Å². The average Bonchev–Trinajstić information content (AvgIpc) is 2.54. The van der Waals surface area contributed by atoms with Gasteiger partial charge in [-0.25, -0.2) is 0 Å². The second-order valence-corrected chi connectivity index (χ2v) is 5.45. The minimum absolute atomic E-state index is 1.09. The van der Waals surface area contributed by atoms with Crippen molar-refractivity contribution in [1.82, 2.24) is 0 Å². The lowest BCUT2D eigenvalue weighted by atomic mass is 10.0. The highest BCUT2D eigenvalue weighted by atomic mass is 15.1. The fraction of sp³-hybridized carbons (Fsp3) is 0.333. The quantitative estimate of drug-likeness (QED) is 0.887. The molecule has 3 rings (SSSR count). The maximum absolute atomic E-state index is 3.47. The highest BCUT2D eigenvalue weighted by Gasteiger charge is 2.11. The number of benzene rings is 2. The van der Waals surface area contributed by atoms with Crippen LogP contribution in [0.2, 0.25) is 0 Å². The number of nitrogens with zero attached hydrogens (tertiary/aromatic N) is 1. The van der Waals surface area contributed by atoms with Gasteiger partial charge in [-0.15, -0.1) is 0 Å². The summed E-state index contributed by atoms with van der Waals surface area (Å²) in [6.07, 6.45) is 3.50. The number of fused-ring (bicyclic) bond motifs is 1. The van der Waals surface area contributed by atoms with Gasteiger partial charge in [0.1, 0.15) is 0 Å². The van der Waals surface area contributed by atoms with Gasteiger partial charge in [0.25, 0.3) is 0 Å². The number of aryl methyl sites for hydroxylation is 2. The highest BCUT2D eigenvalue weighted by molar-refractivity contribution is 5.68. The number of rotatable bonds is 3. The van der Waals surface area contributed by atoms with Crippen molar-refractivity contribution in [3.63, 3.8) is 0 Å². The zero-order valence-corrected chi connectivity index (χ0v) is 12.3. The smallest absolute Gasteiger partial charge is 0.0412 e. The molecule has 0 unspecified atom stereocenters. The van der Waals surface area contributed by atoms with E-state index in [2.05, 4.69) is 66.7 Å². The summed E-state index contributed by atoms with van der Waals surface area (Å²) in [7, 11) is 2.14. The Hall–Kier alpha value is -1.96. The fourth-order valence-corrected chi connectivity index (χ4v) is 2.77. The molecule has 0 aliphatic carbocycles. The first-order chi connectivity index (χ1) is 9.78. The third-order valence-corrected chi connectivity index (χ3v) is 4.15. The van der Waals surface area contributed by atoms with E-state index in [4.69, 9.17) is 0 Å². The van der Waals surface area contributed by atoms with Gasteiger partial charge in [-0.1, -0.05) is 19.1 Å². The molecule has 2 heteroatoms. The van der Waals surface area contributed by atoms with Crippen LogP contribution in [0.15, 0.2) is 42.5 Å². The van der Waals surface area contributed by atoms with Gasteiger partial charge >= 0.3 is 0 Å². The van der Waals surface area contributed by atoms with Crippen LogP contribution >= 0.6 is 0 Å². The van der Waals surface area contributed by atoms with Crippen molar-refractivity contribution in [1.29, 1.82) is 0 Å². The van der Waals surface area contributed by atoms with Crippen molar-refractivity contribution in [3.8, 4) is 0 Å². The van der Waals surface area contributed by atoms with Crippen LogP contribution in [0.1, 0.15) is 24.5 Å². The summed E-state index contributed by atoms with van der Waals surface area (Å²) in [6, 6.07) is 15.6. The summed E-state index contributed by atoms with van der Waals surface area (Å²) in [5, 5.41) is 3.47. The normalized spacial score (nSPS) is 13.5. The fourth-order valence-electron chi connectivity index (χ4n) is 2.77. The Bertz CT molecular complexity index is 587. The topological polar surface area (TPSA) is 15.3 Å². The molecule has 2 aromatic carbocycles. The third kappa shape index (κ3) is 2.51. The van der Waals surface area contributed by atoms with E-state index >= 15 is 0 Å². The molecule has 2 nitrogen and oxygen atoms in total. The molecule has 2 aromatic rings. The van der Waals surface area contributed by atoms with Gasteiger partial charge < -0.3 is 10.2 Å². The summed E-state index contributed by atoms with van der Waals surface area (Å²) in [6.45, 7) is 3.29. The van der Waals surface area contributed by atoms with Gasteiger partial charge in [0.2, 0.25) is 0 Å².